The normalized spacial score (nSPS) is 16.3. The number of aromatic nitrogens is 2. The van der Waals surface area contributed by atoms with Gasteiger partial charge in [0.2, 0.25) is 0 Å². The number of thioether (sulfide) groups is 1. The molecule has 0 unspecified atom stereocenters. The minimum atomic E-state index is -0.286. The summed E-state index contributed by atoms with van der Waals surface area (Å²) in [7, 11) is 0. The summed E-state index contributed by atoms with van der Waals surface area (Å²) < 4.78 is 13.6. The molecule has 0 fully saturated rings. The van der Waals surface area contributed by atoms with Crippen LogP contribution in [0.15, 0.2) is 52.9 Å². The SMILES string of the molecule is O=C(N[C@@H]1CCSc2ccc(F)cc21)c1csc(-c2ccccn2)n1. The number of nitrogens with one attached hydrogen (secondary N) is 1. The number of fused-ring (bicyclic) bond motifs is 1. The van der Waals surface area contributed by atoms with Crippen LogP contribution in [-0.2, 0) is 0 Å². The van der Waals surface area contributed by atoms with Gasteiger partial charge in [-0.15, -0.1) is 23.1 Å². The van der Waals surface area contributed by atoms with Crippen molar-refractivity contribution in [1.29, 1.82) is 0 Å². The topological polar surface area (TPSA) is 54.9 Å². The number of amides is 1. The summed E-state index contributed by atoms with van der Waals surface area (Å²) in [6.07, 6.45) is 2.46. The minimum Gasteiger partial charge on any atom is -0.344 e. The molecule has 3 heterocycles. The Bertz CT molecular complexity index is 914. The lowest BCUT2D eigenvalue weighted by Gasteiger charge is -2.25. The Morgan fingerprint density at radius 3 is 3.04 bits per heavy atom. The van der Waals surface area contributed by atoms with Gasteiger partial charge in [0.25, 0.3) is 5.91 Å². The van der Waals surface area contributed by atoms with E-state index in [1.807, 2.05) is 18.2 Å². The molecule has 0 aliphatic carbocycles. The number of pyridine rings is 1. The molecule has 0 saturated heterocycles. The maximum absolute atomic E-state index is 13.6. The van der Waals surface area contributed by atoms with Gasteiger partial charge < -0.3 is 5.32 Å². The molecule has 1 amide bonds. The molecule has 4 nitrogen and oxygen atoms in total. The summed E-state index contributed by atoms with van der Waals surface area (Å²) in [6.45, 7) is 0. The predicted octanol–water partition coefficient (Wildman–Crippen LogP) is 4.31. The Labute approximate surface area is 152 Å². The Kier molecular flexibility index (Phi) is 4.50. The molecule has 25 heavy (non-hydrogen) atoms. The first-order valence-corrected chi connectivity index (χ1v) is 9.67. The third-order valence-corrected chi connectivity index (χ3v) is 5.92. The van der Waals surface area contributed by atoms with Crippen LogP contribution < -0.4 is 5.32 Å². The van der Waals surface area contributed by atoms with E-state index in [9.17, 15) is 9.18 Å². The van der Waals surface area contributed by atoms with E-state index in [2.05, 4.69) is 15.3 Å². The molecule has 1 aromatic carbocycles. The molecule has 2 aromatic heterocycles. The fourth-order valence-electron chi connectivity index (χ4n) is 2.73. The number of carbonyl (C=O) groups excluding carboxylic acids is 1. The summed E-state index contributed by atoms with van der Waals surface area (Å²) in [5.74, 6) is 0.358. The van der Waals surface area contributed by atoms with Crippen molar-refractivity contribution >= 4 is 29.0 Å². The summed E-state index contributed by atoms with van der Waals surface area (Å²) in [5, 5.41) is 5.42. The summed E-state index contributed by atoms with van der Waals surface area (Å²) in [4.78, 5) is 22.2. The van der Waals surface area contributed by atoms with Crippen LogP contribution in [0.5, 0.6) is 0 Å². The second-order valence-corrected chi connectivity index (χ2v) is 7.59. The van der Waals surface area contributed by atoms with Crippen LogP contribution >= 0.6 is 23.1 Å². The number of thiazole rings is 1. The number of rotatable bonds is 3. The van der Waals surface area contributed by atoms with Gasteiger partial charge in [-0.25, -0.2) is 9.37 Å². The van der Waals surface area contributed by atoms with Crippen molar-refractivity contribution in [3.05, 3.63) is 65.0 Å². The van der Waals surface area contributed by atoms with E-state index in [0.29, 0.717) is 10.7 Å². The van der Waals surface area contributed by atoms with E-state index in [0.717, 1.165) is 28.3 Å². The van der Waals surface area contributed by atoms with Gasteiger partial charge in [0.15, 0.2) is 0 Å². The van der Waals surface area contributed by atoms with Crippen LogP contribution in [0.4, 0.5) is 4.39 Å². The highest BCUT2D eigenvalue weighted by atomic mass is 32.2. The standard InChI is InChI=1S/C18H14FN3OS2/c19-11-4-5-16-12(9-11)13(6-8-24-16)21-17(23)15-10-25-18(22-15)14-3-1-2-7-20-14/h1-5,7,9-10,13H,6,8H2,(H,21,23)/t13-/m1/s1. The lowest BCUT2D eigenvalue weighted by Crippen LogP contribution is -2.31. The zero-order valence-corrected chi connectivity index (χ0v) is 14.7. The van der Waals surface area contributed by atoms with Gasteiger partial charge in [-0.05, 0) is 42.3 Å². The molecule has 0 saturated carbocycles. The Hall–Kier alpha value is -2.25. The van der Waals surface area contributed by atoms with Crippen molar-refractivity contribution in [2.24, 2.45) is 0 Å². The average molecular weight is 371 g/mol. The van der Waals surface area contributed by atoms with Crippen LogP contribution in [0.2, 0.25) is 0 Å². The molecule has 1 atom stereocenters. The van der Waals surface area contributed by atoms with Gasteiger partial charge in [0, 0.05) is 22.2 Å². The molecule has 126 valence electrons. The number of nitrogens with zero attached hydrogens (tertiary/aromatic N) is 2. The minimum absolute atomic E-state index is 0.195. The third kappa shape index (κ3) is 3.43. The number of hydrogen-bond acceptors (Lipinski definition) is 5. The second-order valence-electron chi connectivity index (χ2n) is 5.60. The molecule has 1 aliphatic heterocycles. The van der Waals surface area contributed by atoms with E-state index in [1.54, 1.807) is 29.4 Å². The van der Waals surface area contributed by atoms with Gasteiger partial charge in [-0.1, -0.05) is 6.07 Å². The number of halogens is 1. The van der Waals surface area contributed by atoms with Gasteiger partial charge in [0.05, 0.1) is 11.7 Å². The van der Waals surface area contributed by atoms with E-state index in [4.69, 9.17) is 0 Å². The van der Waals surface area contributed by atoms with Crippen molar-refractivity contribution in [2.45, 2.75) is 17.4 Å². The fourth-order valence-corrected chi connectivity index (χ4v) is 4.61. The molecule has 0 radical (unpaired) electrons. The van der Waals surface area contributed by atoms with Gasteiger partial charge in [-0.2, -0.15) is 0 Å². The monoisotopic (exact) mass is 371 g/mol. The van der Waals surface area contributed by atoms with Crippen LogP contribution in [0.1, 0.15) is 28.5 Å². The van der Waals surface area contributed by atoms with Crippen molar-refractivity contribution in [3.8, 4) is 10.7 Å². The number of carbonyl (C=O) groups is 1. The van der Waals surface area contributed by atoms with Gasteiger partial charge in [-0.3, -0.25) is 9.78 Å². The van der Waals surface area contributed by atoms with E-state index >= 15 is 0 Å². The van der Waals surface area contributed by atoms with Crippen molar-refractivity contribution < 1.29 is 9.18 Å². The Balaban J connectivity index is 1.54. The molecule has 0 bridgehead atoms. The highest BCUT2D eigenvalue weighted by Gasteiger charge is 2.24. The maximum Gasteiger partial charge on any atom is 0.271 e. The van der Waals surface area contributed by atoms with Crippen molar-refractivity contribution in [2.75, 3.05) is 5.75 Å². The van der Waals surface area contributed by atoms with Crippen LogP contribution in [-0.4, -0.2) is 21.6 Å². The summed E-state index contributed by atoms with van der Waals surface area (Å²) >= 11 is 3.07. The molecule has 4 rings (SSSR count). The van der Waals surface area contributed by atoms with E-state index in [1.165, 1.54) is 23.5 Å². The molecule has 1 N–H and O–H groups in total. The molecular formula is C18H14FN3OS2. The summed E-state index contributed by atoms with van der Waals surface area (Å²) in [6, 6.07) is 10.1. The highest BCUT2D eigenvalue weighted by Crippen LogP contribution is 2.36. The average Bonchev–Trinajstić information content (AvgIpc) is 3.13. The molecule has 7 heteroatoms. The first kappa shape index (κ1) is 16.2. The summed E-state index contributed by atoms with van der Waals surface area (Å²) in [5.41, 5.74) is 1.94. The first-order chi connectivity index (χ1) is 12.2. The molecular weight excluding hydrogens is 357 g/mol. The maximum atomic E-state index is 13.6. The number of hydrogen-bond donors (Lipinski definition) is 1. The van der Waals surface area contributed by atoms with Crippen LogP contribution in [0.25, 0.3) is 10.7 Å². The highest BCUT2D eigenvalue weighted by molar-refractivity contribution is 7.99. The van der Waals surface area contributed by atoms with Crippen molar-refractivity contribution in [1.82, 2.24) is 15.3 Å². The second kappa shape index (κ2) is 6.93. The Morgan fingerprint density at radius 1 is 1.28 bits per heavy atom. The van der Waals surface area contributed by atoms with E-state index in [-0.39, 0.29) is 17.8 Å². The zero-order chi connectivity index (χ0) is 17.2. The van der Waals surface area contributed by atoms with E-state index < -0.39 is 0 Å². The predicted molar refractivity (Wildman–Crippen MR) is 97.3 cm³/mol. The lowest BCUT2D eigenvalue weighted by molar-refractivity contribution is 0.0930. The van der Waals surface area contributed by atoms with Crippen LogP contribution in [0, 0.1) is 5.82 Å². The molecule has 0 spiro atoms. The Morgan fingerprint density at radius 2 is 2.20 bits per heavy atom. The number of benzene rings is 1. The third-order valence-electron chi connectivity index (χ3n) is 3.94. The smallest absolute Gasteiger partial charge is 0.271 e. The molecule has 3 aromatic rings. The van der Waals surface area contributed by atoms with Crippen molar-refractivity contribution in [3.63, 3.8) is 0 Å². The first-order valence-electron chi connectivity index (χ1n) is 7.81. The van der Waals surface area contributed by atoms with Gasteiger partial charge >= 0.3 is 0 Å². The van der Waals surface area contributed by atoms with Gasteiger partial charge in [0.1, 0.15) is 16.5 Å². The quantitative estimate of drug-likeness (QED) is 0.745. The van der Waals surface area contributed by atoms with Crippen LogP contribution in [0.3, 0.4) is 0 Å². The molecule has 1 aliphatic rings. The fraction of sp³-hybridized carbons (Fsp3) is 0.167. The largest absolute Gasteiger partial charge is 0.344 e. The zero-order valence-electron chi connectivity index (χ0n) is 13.1. The lowest BCUT2D eigenvalue weighted by atomic mass is 10.0.